The molecular weight excluding hydrogens is 438 g/mol. The van der Waals surface area contributed by atoms with Crippen LogP contribution in [0.5, 0.6) is 17.2 Å². The van der Waals surface area contributed by atoms with Crippen molar-refractivity contribution in [3.05, 3.63) is 108 Å². The molecule has 2 heterocycles. The van der Waals surface area contributed by atoms with Gasteiger partial charge in [-0.05, 0) is 74.8 Å². The number of amidine groups is 1. The van der Waals surface area contributed by atoms with Crippen molar-refractivity contribution in [3.8, 4) is 17.2 Å². The van der Waals surface area contributed by atoms with Crippen LogP contribution in [0.1, 0.15) is 11.1 Å². The molecule has 1 unspecified atom stereocenters. The molecule has 0 aliphatic carbocycles. The third-order valence-corrected chi connectivity index (χ3v) is 5.82. The fourth-order valence-electron chi connectivity index (χ4n) is 3.94. The van der Waals surface area contributed by atoms with E-state index in [-0.39, 0.29) is 4.59 Å². The quantitative estimate of drug-likeness (QED) is 0.383. The van der Waals surface area contributed by atoms with E-state index < -0.39 is 0 Å². The van der Waals surface area contributed by atoms with Gasteiger partial charge in [0.1, 0.15) is 35.8 Å². The Morgan fingerprint density at radius 3 is 2.20 bits per heavy atom. The maximum atomic E-state index is 6.86. The first-order valence-electron chi connectivity index (χ1n) is 11.5. The van der Waals surface area contributed by atoms with Crippen LogP contribution in [0, 0.1) is 0 Å². The first kappa shape index (κ1) is 22.7. The highest BCUT2D eigenvalue weighted by Gasteiger charge is 2.44. The second-order valence-electron chi connectivity index (χ2n) is 8.64. The van der Waals surface area contributed by atoms with Crippen molar-refractivity contribution in [2.24, 2.45) is 15.8 Å². The van der Waals surface area contributed by atoms with Gasteiger partial charge in [0.25, 0.3) is 5.84 Å². The Morgan fingerprint density at radius 2 is 1.49 bits per heavy atom. The molecule has 3 aromatic rings. The lowest BCUT2D eigenvalue weighted by Crippen LogP contribution is -2.53. The van der Waals surface area contributed by atoms with Crippen molar-refractivity contribution < 1.29 is 14.1 Å². The van der Waals surface area contributed by atoms with Gasteiger partial charge in [0.15, 0.2) is 0 Å². The Kier molecular flexibility index (Phi) is 6.29. The SMILES string of the molecule is CN(C)CCOc1ccc(C2=C3C=NC=C[N+]3(N)C(c3ccc(Oc4ccccc4)cc3)=N2)cc1. The average molecular weight is 467 g/mol. The molecule has 2 N–H and O–H groups in total. The van der Waals surface area contributed by atoms with Crippen LogP contribution in [0.15, 0.2) is 107 Å². The first-order chi connectivity index (χ1) is 17.0. The Balaban J connectivity index is 1.41. The molecule has 0 saturated carbocycles. The summed E-state index contributed by atoms with van der Waals surface area (Å²) in [6, 6.07) is 25.4. The van der Waals surface area contributed by atoms with Crippen LogP contribution < -0.4 is 15.3 Å². The summed E-state index contributed by atoms with van der Waals surface area (Å²) in [5.41, 5.74) is 3.46. The third-order valence-electron chi connectivity index (χ3n) is 5.82. The van der Waals surface area contributed by atoms with E-state index in [9.17, 15) is 0 Å². The van der Waals surface area contributed by atoms with Crippen molar-refractivity contribution in [2.45, 2.75) is 0 Å². The van der Waals surface area contributed by atoms with E-state index >= 15 is 0 Å². The average Bonchev–Trinajstić information content (AvgIpc) is 3.18. The van der Waals surface area contributed by atoms with Gasteiger partial charge in [0.2, 0.25) is 5.70 Å². The molecule has 176 valence electrons. The Labute approximate surface area is 205 Å². The first-order valence-corrected chi connectivity index (χ1v) is 11.5. The Morgan fingerprint density at radius 1 is 0.829 bits per heavy atom. The Hall–Kier alpha value is -4.04. The summed E-state index contributed by atoms with van der Waals surface area (Å²) in [6.45, 7) is 1.49. The predicted octanol–water partition coefficient (Wildman–Crippen LogP) is 4.79. The van der Waals surface area contributed by atoms with Crippen LogP contribution in [0.25, 0.3) is 5.70 Å². The van der Waals surface area contributed by atoms with Gasteiger partial charge in [-0.15, -0.1) is 4.59 Å². The van der Waals surface area contributed by atoms with Crippen LogP contribution in [-0.4, -0.2) is 48.8 Å². The summed E-state index contributed by atoms with van der Waals surface area (Å²) in [6.07, 6.45) is 5.32. The fourth-order valence-corrected chi connectivity index (χ4v) is 3.94. The summed E-state index contributed by atoms with van der Waals surface area (Å²) in [7, 11) is 4.05. The number of nitrogens with two attached hydrogens (primary N) is 1. The lowest BCUT2D eigenvalue weighted by atomic mass is 10.1. The van der Waals surface area contributed by atoms with Crippen molar-refractivity contribution in [1.82, 2.24) is 4.90 Å². The van der Waals surface area contributed by atoms with E-state index in [4.69, 9.17) is 20.3 Å². The van der Waals surface area contributed by atoms with Gasteiger partial charge in [-0.2, -0.15) is 10.8 Å². The number of nitrogens with zero attached hydrogens (tertiary/aromatic N) is 4. The van der Waals surface area contributed by atoms with Crippen LogP contribution in [0.2, 0.25) is 0 Å². The Bertz CT molecular complexity index is 1310. The summed E-state index contributed by atoms with van der Waals surface area (Å²) >= 11 is 0. The second kappa shape index (κ2) is 9.68. The van der Waals surface area contributed by atoms with Crippen LogP contribution in [0.3, 0.4) is 0 Å². The zero-order valence-electron chi connectivity index (χ0n) is 19.8. The normalized spacial score (nSPS) is 18.6. The molecule has 3 aromatic carbocycles. The molecule has 2 aliphatic heterocycles. The fraction of sp³-hybridized carbons (Fsp3) is 0.143. The molecule has 35 heavy (non-hydrogen) atoms. The molecule has 0 bridgehead atoms. The maximum Gasteiger partial charge on any atom is 0.265 e. The number of rotatable bonds is 8. The standard InChI is InChI=1S/C28H28N5O2/c1-32(2)17-19-34-23-12-8-21(9-13-23)27-26-20-30-16-18-33(26,29)28(31-27)22-10-14-25(15-11-22)35-24-6-4-3-5-7-24/h3-16,18,20H,17,19,29H2,1-2H3/q+1. The summed E-state index contributed by atoms with van der Waals surface area (Å²) in [4.78, 5) is 11.4. The molecule has 7 nitrogen and oxygen atoms in total. The molecule has 1 atom stereocenters. The van der Waals surface area contributed by atoms with E-state index in [0.717, 1.165) is 52.1 Å². The molecule has 0 spiro atoms. The highest BCUT2D eigenvalue weighted by molar-refractivity contribution is 6.06. The number of quaternary nitrogens is 1. The third kappa shape index (κ3) is 4.79. The zero-order chi connectivity index (χ0) is 24.3. The largest absolute Gasteiger partial charge is 0.492 e. The molecular formula is C28H28N5O2+. The van der Waals surface area contributed by atoms with Crippen molar-refractivity contribution >= 4 is 17.7 Å². The lowest BCUT2D eigenvalue weighted by Gasteiger charge is -2.26. The van der Waals surface area contributed by atoms with Crippen LogP contribution >= 0.6 is 0 Å². The van der Waals surface area contributed by atoms with E-state index in [1.165, 1.54) is 0 Å². The minimum atomic E-state index is -0.0428. The second-order valence-corrected chi connectivity index (χ2v) is 8.64. The van der Waals surface area contributed by atoms with Gasteiger partial charge in [0.05, 0.1) is 18.0 Å². The van der Waals surface area contributed by atoms with E-state index in [2.05, 4.69) is 9.89 Å². The number of benzene rings is 3. The number of fused-ring (bicyclic) bond motifs is 1. The van der Waals surface area contributed by atoms with E-state index in [1.54, 1.807) is 12.4 Å². The number of aliphatic imine (C=N–C) groups is 2. The molecule has 0 saturated heterocycles. The molecule has 0 fully saturated rings. The van der Waals surface area contributed by atoms with Gasteiger partial charge in [-0.25, -0.2) is 0 Å². The smallest absolute Gasteiger partial charge is 0.265 e. The number of likely N-dealkylation sites (N-methyl/N-ethyl adjacent to an activating group) is 1. The van der Waals surface area contributed by atoms with Crippen molar-refractivity contribution in [1.29, 1.82) is 0 Å². The summed E-state index contributed by atoms with van der Waals surface area (Å²) in [5, 5.41) is 0. The minimum absolute atomic E-state index is 0.0428. The monoisotopic (exact) mass is 466 g/mol. The van der Waals surface area contributed by atoms with Gasteiger partial charge < -0.3 is 14.4 Å². The van der Waals surface area contributed by atoms with E-state index in [1.807, 2.05) is 99.2 Å². The van der Waals surface area contributed by atoms with Gasteiger partial charge in [-0.1, -0.05) is 18.2 Å². The number of hydrogen-bond donors (Lipinski definition) is 1. The molecule has 0 aromatic heterocycles. The van der Waals surface area contributed by atoms with Crippen molar-refractivity contribution in [3.63, 3.8) is 0 Å². The predicted molar refractivity (Wildman–Crippen MR) is 139 cm³/mol. The number of allylic oxidation sites excluding steroid dienone is 1. The van der Waals surface area contributed by atoms with Gasteiger partial charge >= 0.3 is 0 Å². The van der Waals surface area contributed by atoms with Gasteiger partial charge in [-0.3, -0.25) is 4.99 Å². The van der Waals surface area contributed by atoms with Gasteiger partial charge in [0, 0.05) is 12.1 Å². The van der Waals surface area contributed by atoms with Crippen molar-refractivity contribution in [2.75, 3.05) is 27.2 Å². The molecule has 0 radical (unpaired) electrons. The van der Waals surface area contributed by atoms with Crippen LogP contribution in [0.4, 0.5) is 0 Å². The topological polar surface area (TPSA) is 72.4 Å². The minimum Gasteiger partial charge on any atom is -0.492 e. The summed E-state index contributed by atoms with van der Waals surface area (Å²) in [5.74, 6) is 9.94. The number of hydrogen-bond acceptors (Lipinski definition) is 6. The lowest BCUT2D eigenvalue weighted by molar-refractivity contribution is -0.749. The van der Waals surface area contributed by atoms with Crippen LogP contribution in [-0.2, 0) is 0 Å². The molecule has 7 heteroatoms. The molecule has 5 rings (SSSR count). The molecule has 2 aliphatic rings. The maximum absolute atomic E-state index is 6.86. The van der Waals surface area contributed by atoms with E-state index in [0.29, 0.717) is 6.61 Å². The number of para-hydroxylation sites is 1. The molecule has 0 amide bonds. The highest BCUT2D eigenvalue weighted by Crippen LogP contribution is 2.36. The zero-order valence-corrected chi connectivity index (χ0v) is 19.8. The number of ether oxygens (including phenoxy) is 2. The highest BCUT2D eigenvalue weighted by atomic mass is 16.5. The summed E-state index contributed by atoms with van der Waals surface area (Å²) < 4.78 is 11.7.